The van der Waals surface area contributed by atoms with Crippen molar-refractivity contribution in [3.63, 3.8) is 0 Å². The Labute approximate surface area is 148 Å². The van der Waals surface area contributed by atoms with E-state index in [1.807, 2.05) is 19.1 Å². The van der Waals surface area contributed by atoms with Crippen molar-refractivity contribution in [2.45, 2.75) is 6.92 Å². The molecule has 0 spiro atoms. The second-order valence-electron chi connectivity index (χ2n) is 4.15. The number of benzene rings is 1. The Balaban J connectivity index is 2.31. The number of rotatable bonds is 4. The van der Waals surface area contributed by atoms with Crippen LogP contribution < -0.4 is 10.6 Å². The smallest absolute Gasteiger partial charge is 0.259 e. The summed E-state index contributed by atoms with van der Waals surface area (Å²) in [6.45, 7) is 2.71. The lowest BCUT2D eigenvalue weighted by Gasteiger charge is -2.13. The minimum absolute atomic E-state index is 0.220. The van der Waals surface area contributed by atoms with Crippen molar-refractivity contribution in [3.8, 4) is 0 Å². The van der Waals surface area contributed by atoms with Crippen LogP contribution >= 0.6 is 47.8 Å². The van der Waals surface area contributed by atoms with E-state index < -0.39 is 0 Å². The molecule has 4 nitrogen and oxygen atoms in total. The SMILES string of the molecule is CCNc1ccncc1C(=O)Nc1c(Br)cc(Br)cc1Br. The number of carbonyl (C=O) groups excluding carboxylic acids is 1. The molecular weight excluding hydrogens is 466 g/mol. The van der Waals surface area contributed by atoms with Crippen molar-refractivity contribution in [1.82, 2.24) is 4.98 Å². The molecule has 0 bridgehead atoms. The van der Waals surface area contributed by atoms with E-state index in [0.717, 1.165) is 25.7 Å². The highest BCUT2D eigenvalue weighted by Gasteiger charge is 2.15. The Morgan fingerprint density at radius 3 is 2.52 bits per heavy atom. The minimum Gasteiger partial charge on any atom is -0.385 e. The molecule has 1 aromatic heterocycles. The van der Waals surface area contributed by atoms with E-state index in [1.165, 1.54) is 0 Å². The fraction of sp³-hybridized carbons (Fsp3) is 0.143. The first-order valence-electron chi connectivity index (χ1n) is 6.16. The zero-order valence-electron chi connectivity index (χ0n) is 11.1. The van der Waals surface area contributed by atoms with E-state index in [9.17, 15) is 4.79 Å². The van der Waals surface area contributed by atoms with Crippen molar-refractivity contribution in [1.29, 1.82) is 0 Å². The maximum absolute atomic E-state index is 12.5. The second kappa shape index (κ2) is 7.38. The summed E-state index contributed by atoms with van der Waals surface area (Å²) in [5, 5.41) is 6.04. The molecule has 2 rings (SSSR count). The van der Waals surface area contributed by atoms with Crippen molar-refractivity contribution in [3.05, 3.63) is 49.6 Å². The summed E-state index contributed by atoms with van der Waals surface area (Å²) < 4.78 is 2.48. The standard InChI is InChI=1S/C14H12Br3N3O/c1-2-19-12-3-4-18-7-9(12)14(21)20-13-10(16)5-8(15)6-11(13)17/h3-7H,2H2,1H3,(H,18,19)(H,20,21). The predicted octanol–water partition coefficient (Wildman–Crippen LogP) is 5.05. The van der Waals surface area contributed by atoms with Gasteiger partial charge in [0.15, 0.2) is 0 Å². The fourth-order valence-electron chi connectivity index (χ4n) is 1.76. The number of pyridine rings is 1. The topological polar surface area (TPSA) is 54.0 Å². The molecule has 1 amide bonds. The Morgan fingerprint density at radius 1 is 1.24 bits per heavy atom. The molecule has 110 valence electrons. The lowest BCUT2D eigenvalue weighted by molar-refractivity contribution is 0.102. The van der Waals surface area contributed by atoms with Crippen molar-refractivity contribution in [2.24, 2.45) is 0 Å². The summed E-state index contributed by atoms with van der Waals surface area (Å²) in [6.07, 6.45) is 3.20. The summed E-state index contributed by atoms with van der Waals surface area (Å²) in [7, 11) is 0. The molecule has 0 saturated heterocycles. The number of hydrogen-bond acceptors (Lipinski definition) is 3. The van der Waals surface area contributed by atoms with Crippen LogP contribution in [0.4, 0.5) is 11.4 Å². The van der Waals surface area contributed by atoms with Crippen LogP contribution in [0.2, 0.25) is 0 Å². The van der Waals surface area contributed by atoms with Gasteiger partial charge in [-0.3, -0.25) is 9.78 Å². The zero-order chi connectivity index (χ0) is 15.4. The van der Waals surface area contributed by atoms with E-state index in [2.05, 4.69) is 63.4 Å². The largest absolute Gasteiger partial charge is 0.385 e. The van der Waals surface area contributed by atoms with Crippen LogP contribution in [0.25, 0.3) is 0 Å². The minimum atomic E-state index is -0.220. The number of nitrogens with one attached hydrogen (secondary N) is 2. The third-order valence-corrected chi connectivity index (χ3v) is 4.39. The van der Waals surface area contributed by atoms with Crippen molar-refractivity contribution in [2.75, 3.05) is 17.2 Å². The van der Waals surface area contributed by atoms with Gasteiger partial charge in [-0.15, -0.1) is 0 Å². The number of carbonyl (C=O) groups is 1. The van der Waals surface area contributed by atoms with Gasteiger partial charge < -0.3 is 10.6 Å². The Bertz CT molecular complexity index is 653. The second-order valence-corrected chi connectivity index (χ2v) is 6.77. The number of aromatic nitrogens is 1. The summed E-state index contributed by atoms with van der Waals surface area (Å²) in [4.78, 5) is 16.5. The molecule has 2 N–H and O–H groups in total. The van der Waals surface area contributed by atoms with Crippen LogP contribution in [0.1, 0.15) is 17.3 Å². The van der Waals surface area contributed by atoms with E-state index in [-0.39, 0.29) is 5.91 Å². The van der Waals surface area contributed by atoms with Crippen LogP contribution in [-0.4, -0.2) is 17.4 Å². The lowest BCUT2D eigenvalue weighted by Crippen LogP contribution is -2.15. The van der Waals surface area contributed by atoms with E-state index in [0.29, 0.717) is 11.3 Å². The summed E-state index contributed by atoms with van der Waals surface area (Å²) in [5.74, 6) is -0.220. The first-order chi connectivity index (χ1) is 10.0. The van der Waals surface area contributed by atoms with Crippen LogP contribution in [0.15, 0.2) is 44.0 Å². The normalized spacial score (nSPS) is 10.3. The molecule has 0 saturated carbocycles. The molecule has 1 aromatic carbocycles. The van der Waals surface area contributed by atoms with Crippen molar-refractivity contribution >= 4 is 65.1 Å². The van der Waals surface area contributed by atoms with Gasteiger partial charge >= 0.3 is 0 Å². The molecule has 0 radical (unpaired) electrons. The van der Waals surface area contributed by atoms with E-state index in [1.54, 1.807) is 18.5 Å². The predicted molar refractivity (Wildman–Crippen MR) is 95.9 cm³/mol. The van der Waals surface area contributed by atoms with Gasteiger partial charge in [0, 0.05) is 32.4 Å². The average Bonchev–Trinajstić information content (AvgIpc) is 2.43. The highest BCUT2D eigenvalue weighted by molar-refractivity contribution is 9.11. The van der Waals surface area contributed by atoms with Gasteiger partial charge in [0.25, 0.3) is 5.91 Å². The Kier molecular flexibility index (Phi) is 5.78. The highest BCUT2D eigenvalue weighted by Crippen LogP contribution is 2.34. The summed E-state index contributed by atoms with van der Waals surface area (Å²) >= 11 is 10.3. The lowest BCUT2D eigenvalue weighted by atomic mass is 10.2. The number of halogens is 3. The molecule has 0 atom stereocenters. The van der Waals surface area contributed by atoms with E-state index >= 15 is 0 Å². The molecule has 2 aromatic rings. The zero-order valence-corrected chi connectivity index (χ0v) is 15.8. The summed E-state index contributed by atoms with van der Waals surface area (Å²) in [6, 6.07) is 5.52. The quantitative estimate of drug-likeness (QED) is 0.647. The number of nitrogens with zero attached hydrogens (tertiary/aromatic N) is 1. The molecule has 0 fully saturated rings. The van der Waals surface area contributed by atoms with Gasteiger partial charge in [0.05, 0.1) is 16.9 Å². The number of anilines is 2. The highest BCUT2D eigenvalue weighted by atomic mass is 79.9. The first-order valence-corrected chi connectivity index (χ1v) is 8.54. The van der Waals surface area contributed by atoms with Gasteiger partial charge in [0.1, 0.15) is 0 Å². The maximum Gasteiger partial charge on any atom is 0.259 e. The van der Waals surface area contributed by atoms with Crippen LogP contribution in [0.3, 0.4) is 0 Å². The molecule has 0 aliphatic carbocycles. The van der Waals surface area contributed by atoms with Crippen LogP contribution in [0, 0.1) is 0 Å². The molecule has 0 unspecified atom stereocenters. The van der Waals surface area contributed by atoms with Gasteiger partial charge in [-0.25, -0.2) is 0 Å². The maximum atomic E-state index is 12.5. The summed E-state index contributed by atoms with van der Waals surface area (Å²) in [5.41, 5.74) is 1.94. The Hall–Kier alpha value is -0.920. The molecule has 0 aliphatic rings. The van der Waals surface area contributed by atoms with Gasteiger partial charge in [0.2, 0.25) is 0 Å². The van der Waals surface area contributed by atoms with Crippen LogP contribution in [0.5, 0.6) is 0 Å². The van der Waals surface area contributed by atoms with E-state index in [4.69, 9.17) is 0 Å². The molecule has 7 heteroatoms. The molecule has 21 heavy (non-hydrogen) atoms. The van der Waals surface area contributed by atoms with Gasteiger partial charge in [-0.2, -0.15) is 0 Å². The third kappa shape index (κ3) is 4.05. The molecular formula is C14H12Br3N3O. The number of amides is 1. The fourth-order valence-corrected chi connectivity index (χ4v) is 4.22. The van der Waals surface area contributed by atoms with Gasteiger partial charge in [-0.1, -0.05) is 15.9 Å². The number of hydrogen-bond donors (Lipinski definition) is 2. The average molecular weight is 478 g/mol. The first kappa shape index (κ1) is 16.5. The van der Waals surface area contributed by atoms with Crippen LogP contribution in [-0.2, 0) is 0 Å². The molecule has 1 heterocycles. The third-order valence-electron chi connectivity index (χ3n) is 2.68. The van der Waals surface area contributed by atoms with Crippen molar-refractivity contribution < 1.29 is 4.79 Å². The molecule has 0 aliphatic heterocycles. The van der Waals surface area contributed by atoms with Gasteiger partial charge in [-0.05, 0) is 57.0 Å². The Morgan fingerprint density at radius 2 is 1.90 bits per heavy atom. The monoisotopic (exact) mass is 475 g/mol.